The van der Waals surface area contributed by atoms with E-state index in [-0.39, 0.29) is 18.0 Å². The molecule has 2 aliphatic heterocycles. The van der Waals surface area contributed by atoms with Crippen molar-refractivity contribution in [3.05, 3.63) is 59.9 Å². The average Bonchev–Trinajstić information content (AvgIpc) is 3.29. The molecule has 0 radical (unpaired) electrons. The number of aliphatic imine (C=N–C) groups is 1. The summed E-state index contributed by atoms with van der Waals surface area (Å²) in [5.41, 5.74) is 2.20. The van der Waals surface area contributed by atoms with Crippen molar-refractivity contribution in [3.63, 3.8) is 0 Å². The van der Waals surface area contributed by atoms with Gasteiger partial charge in [0.25, 0.3) is 0 Å². The highest BCUT2D eigenvalue weighted by Gasteiger charge is 2.29. The minimum absolute atomic E-state index is 0.0624. The second-order valence-electron chi connectivity index (χ2n) is 8.62. The molecule has 3 unspecified atom stereocenters. The Morgan fingerprint density at radius 3 is 2.75 bits per heavy atom. The predicted octanol–water partition coefficient (Wildman–Crippen LogP) is 3.70. The van der Waals surface area contributed by atoms with Crippen LogP contribution in [-0.4, -0.2) is 63.8 Å². The van der Waals surface area contributed by atoms with Gasteiger partial charge in [-0.2, -0.15) is 0 Å². The van der Waals surface area contributed by atoms with Gasteiger partial charge >= 0.3 is 0 Å². The van der Waals surface area contributed by atoms with Crippen LogP contribution in [0.1, 0.15) is 25.0 Å². The summed E-state index contributed by atoms with van der Waals surface area (Å²) >= 11 is 0. The summed E-state index contributed by atoms with van der Waals surface area (Å²) in [5.74, 6) is 2.10. The van der Waals surface area contributed by atoms with Gasteiger partial charge in [0.1, 0.15) is 17.7 Å². The molecule has 0 saturated carbocycles. The summed E-state index contributed by atoms with van der Waals surface area (Å²) in [6.45, 7) is 6.46. The van der Waals surface area contributed by atoms with Crippen molar-refractivity contribution in [2.75, 3.05) is 51.8 Å². The van der Waals surface area contributed by atoms with E-state index in [1.54, 1.807) is 19.2 Å². The number of guanidine groups is 1. The van der Waals surface area contributed by atoms with E-state index in [4.69, 9.17) is 9.47 Å². The molecule has 32 heavy (non-hydrogen) atoms. The van der Waals surface area contributed by atoms with Crippen molar-refractivity contribution in [1.29, 1.82) is 0 Å². The van der Waals surface area contributed by atoms with Crippen molar-refractivity contribution in [2.45, 2.75) is 25.6 Å². The fourth-order valence-corrected chi connectivity index (χ4v) is 4.59. The number of benzene rings is 2. The molecule has 2 aromatic carbocycles. The van der Waals surface area contributed by atoms with E-state index in [1.165, 1.54) is 17.8 Å². The van der Waals surface area contributed by atoms with E-state index in [2.05, 4.69) is 39.2 Å². The van der Waals surface area contributed by atoms with E-state index in [1.807, 2.05) is 19.2 Å². The van der Waals surface area contributed by atoms with Crippen LogP contribution in [-0.2, 0) is 4.74 Å². The summed E-state index contributed by atoms with van der Waals surface area (Å²) in [6.07, 6.45) is 1.10. The molecule has 0 aliphatic carbocycles. The molecule has 0 aromatic heterocycles. The lowest BCUT2D eigenvalue weighted by atomic mass is 10.1. The highest BCUT2D eigenvalue weighted by atomic mass is 19.1. The fourth-order valence-electron chi connectivity index (χ4n) is 4.59. The molecule has 7 heteroatoms. The SMILES string of the molecule is CN=C(NCC1CCN(c2cccc(OC)c2)C1)N1CC(C)OC(c2ccc(F)cc2)C1. The van der Waals surface area contributed by atoms with Crippen molar-refractivity contribution in [3.8, 4) is 5.75 Å². The molecule has 172 valence electrons. The fraction of sp³-hybridized carbons (Fsp3) is 0.480. The molecule has 2 heterocycles. The Morgan fingerprint density at radius 1 is 1.19 bits per heavy atom. The highest BCUT2D eigenvalue weighted by Crippen LogP contribution is 2.28. The molecule has 2 aliphatic rings. The number of hydrogen-bond acceptors (Lipinski definition) is 4. The molecule has 6 nitrogen and oxygen atoms in total. The van der Waals surface area contributed by atoms with Crippen molar-refractivity contribution < 1.29 is 13.9 Å². The number of nitrogens with zero attached hydrogens (tertiary/aromatic N) is 3. The molecule has 2 saturated heterocycles. The molecule has 0 spiro atoms. The van der Waals surface area contributed by atoms with Crippen LogP contribution in [0.2, 0.25) is 0 Å². The summed E-state index contributed by atoms with van der Waals surface area (Å²) in [7, 11) is 3.53. The van der Waals surface area contributed by atoms with E-state index in [9.17, 15) is 4.39 Å². The standard InChI is InChI=1S/C25H33FN4O2/c1-18-15-30(17-24(32-18)20-7-9-21(26)10-8-20)25(27-2)28-14-19-11-12-29(16-19)22-5-4-6-23(13-22)31-3/h4-10,13,18-19,24H,11-12,14-17H2,1-3H3,(H,27,28). The Hall–Kier alpha value is -2.80. The van der Waals surface area contributed by atoms with E-state index in [0.717, 1.165) is 49.9 Å². The lowest BCUT2D eigenvalue weighted by Crippen LogP contribution is -2.51. The molecule has 0 bridgehead atoms. The topological polar surface area (TPSA) is 49.3 Å². The number of ether oxygens (including phenoxy) is 2. The molecule has 4 rings (SSSR count). The maximum atomic E-state index is 13.3. The van der Waals surface area contributed by atoms with Crippen LogP contribution in [0.25, 0.3) is 0 Å². The Morgan fingerprint density at radius 2 is 2.00 bits per heavy atom. The third-order valence-corrected chi connectivity index (χ3v) is 6.27. The summed E-state index contributed by atoms with van der Waals surface area (Å²) in [5, 5.41) is 3.59. The van der Waals surface area contributed by atoms with Crippen LogP contribution >= 0.6 is 0 Å². The molecule has 1 N–H and O–H groups in total. The predicted molar refractivity (Wildman–Crippen MR) is 126 cm³/mol. The molecular weight excluding hydrogens is 407 g/mol. The lowest BCUT2D eigenvalue weighted by Gasteiger charge is -2.39. The van der Waals surface area contributed by atoms with Crippen LogP contribution in [0.3, 0.4) is 0 Å². The molecule has 2 aromatic rings. The Kier molecular flexibility index (Phi) is 7.15. The van der Waals surface area contributed by atoms with Gasteiger partial charge < -0.3 is 24.6 Å². The second-order valence-corrected chi connectivity index (χ2v) is 8.62. The molecule has 3 atom stereocenters. The minimum atomic E-state index is -0.230. The van der Waals surface area contributed by atoms with Crippen LogP contribution in [0.15, 0.2) is 53.5 Å². The zero-order chi connectivity index (χ0) is 22.5. The van der Waals surface area contributed by atoms with E-state index >= 15 is 0 Å². The number of nitrogens with one attached hydrogen (secondary N) is 1. The average molecular weight is 441 g/mol. The normalized spacial score (nSPS) is 24.0. The van der Waals surface area contributed by atoms with Gasteiger partial charge in [0.2, 0.25) is 0 Å². The van der Waals surface area contributed by atoms with E-state index < -0.39 is 0 Å². The third kappa shape index (κ3) is 5.33. The van der Waals surface area contributed by atoms with Crippen molar-refractivity contribution in [1.82, 2.24) is 10.2 Å². The zero-order valence-corrected chi connectivity index (χ0v) is 19.1. The maximum Gasteiger partial charge on any atom is 0.193 e. The summed E-state index contributed by atoms with van der Waals surface area (Å²) in [4.78, 5) is 9.20. The number of halogens is 1. The van der Waals surface area contributed by atoms with Gasteiger partial charge in [0.15, 0.2) is 5.96 Å². The number of methoxy groups -OCH3 is 1. The summed E-state index contributed by atoms with van der Waals surface area (Å²) in [6, 6.07) is 14.8. The molecular formula is C25H33FN4O2. The number of hydrogen-bond donors (Lipinski definition) is 1. The van der Waals surface area contributed by atoms with Gasteiger partial charge in [-0.25, -0.2) is 4.39 Å². The van der Waals surface area contributed by atoms with Gasteiger partial charge in [0, 0.05) is 45.0 Å². The Balaban J connectivity index is 1.33. The monoisotopic (exact) mass is 440 g/mol. The smallest absolute Gasteiger partial charge is 0.193 e. The largest absolute Gasteiger partial charge is 0.497 e. The Bertz CT molecular complexity index is 920. The first-order valence-corrected chi connectivity index (χ1v) is 11.3. The highest BCUT2D eigenvalue weighted by molar-refractivity contribution is 5.80. The van der Waals surface area contributed by atoms with Gasteiger partial charge in [-0.3, -0.25) is 4.99 Å². The van der Waals surface area contributed by atoms with Crippen LogP contribution in [0, 0.1) is 11.7 Å². The maximum absolute atomic E-state index is 13.3. The van der Waals surface area contributed by atoms with Gasteiger partial charge in [0.05, 0.1) is 19.8 Å². The number of morpholine rings is 1. The zero-order valence-electron chi connectivity index (χ0n) is 19.1. The second kappa shape index (κ2) is 10.2. The molecule has 0 amide bonds. The lowest BCUT2D eigenvalue weighted by molar-refractivity contribution is -0.0605. The molecule has 2 fully saturated rings. The number of anilines is 1. The van der Waals surface area contributed by atoms with Gasteiger partial charge in [-0.15, -0.1) is 0 Å². The van der Waals surface area contributed by atoms with Crippen LogP contribution < -0.4 is 15.0 Å². The first kappa shape index (κ1) is 22.4. The van der Waals surface area contributed by atoms with Crippen LogP contribution in [0.4, 0.5) is 10.1 Å². The van der Waals surface area contributed by atoms with Gasteiger partial charge in [-0.1, -0.05) is 18.2 Å². The van der Waals surface area contributed by atoms with Gasteiger partial charge in [-0.05, 0) is 49.1 Å². The van der Waals surface area contributed by atoms with Crippen molar-refractivity contribution in [2.24, 2.45) is 10.9 Å². The van der Waals surface area contributed by atoms with Crippen LogP contribution in [0.5, 0.6) is 5.75 Å². The summed E-state index contributed by atoms with van der Waals surface area (Å²) < 4.78 is 24.8. The Labute approximate surface area is 190 Å². The minimum Gasteiger partial charge on any atom is -0.497 e. The van der Waals surface area contributed by atoms with Crippen molar-refractivity contribution >= 4 is 11.6 Å². The first-order chi connectivity index (χ1) is 15.6. The quantitative estimate of drug-likeness (QED) is 0.568. The third-order valence-electron chi connectivity index (χ3n) is 6.27. The van der Waals surface area contributed by atoms with E-state index in [0.29, 0.717) is 12.5 Å². The first-order valence-electron chi connectivity index (χ1n) is 11.3. The number of rotatable bonds is 5.